The van der Waals surface area contributed by atoms with Crippen molar-refractivity contribution >= 4 is 51.7 Å². The molecule has 13 nitrogen and oxygen atoms in total. The number of thiazole rings is 1. The van der Waals surface area contributed by atoms with Gasteiger partial charge in [0.25, 0.3) is 11.8 Å². The van der Waals surface area contributed by atoms with Gasteiger partial charge in [-0.2, -0.15) is 0 Å². The first-order valence-electron chi connectivity index (χ1n) is 11.0. The minimum Gasteiger partial charge on any atom is -0.477 e. The van der Waals surface area contributed by atoms with Gasteiger partial charge in [0.1, 0.15) is 22.8 Å². The number of nitrogen functional groups attached to an aromatic ring is 1. The summed E-state index contributed by atoms with van der Waals surface area (Å²) in [6.45, 7) is 0.360. The fourth-order valence-corrected chi connectivity index (χ4v) is 5.79. The molecule has 190 valence electrons. The lowest BCUT2D eigenvalue weighted by molar-refractivity contribution is -0.689. The number of rotatable bonds is 9. The van der Waals surface area contributed by atoms with Crippen LogP contribution in [0, 0.1) is 0 Å². The number of aliphatic carboxylic acids is 1. The van der Waals surface area contributed by atoms with Crippen LogP contribution in [0.1, 0.15) is 11.4 Å². The number of fused-ring (bicyclic) bond motifs is 1. The Kier molecular flexibility index (Phi) is 6.87. The van der Waals surface area contributed by atoms with Gasteiger partial charge in [-0.15, -0.1) is 23.1 Å². The van der Waals surface area contributed by atoms with Crippen LogP contribution in [0.5, 0.6) is 0 Å². The largest absolute Gasteiger partial charge is 0.477 e. The lowest BCUT2D eigenvalue weighted by atomic mass is 10.0. The molecule has 0 aromatic carbocycles. The number of nitrogens with two attached hydrogens (primary N) is 1. The zero-order valence-electron chi connectivity index (χ0n) is 19.1. The summed E-state index contributed by atoms with van der Waals surface area (Å²) in [7, 11) is 0. The molecule has 5 N–H and O–H groups in total. The number of carboxylic acid groups (broad SMARTS) is 1. The summed E-state index contributed by atoms with van der Waals surface area (Å²) in [6.07, 6.45) is 6.68. The Morgan fingerprint density at radius 1 is 1.35 bits per heavy atom. The number of thioether (sulfide) groups is 1. The number of aromatic nitrogens is 4. The number of nitrogens with zero attached hydrogens (tertiary/aromatic N) is 5. The Hall–Kier alpha value is -4.24. The van der Waals surface area contributed by atoms with Crippen molar-refractivity contribution in [3.05, 3.63) is 71.2 Å². The number of pyridine rings is 1. The Labute approximate surface area is 218 Å². The molecule has 15 heteroatoms. The van der Waals surface area contributed by atoms with E-state index in [-0.39, 0.29) is 28.8 Å². The first-order valence-corrected chi connectivity index (χ1v) is 12.9. The van der Waals surface area contributed by atoms with Gasteiger partial charge in [-0.05, 0) is 0 Å². The minimum atomic E-state index is -1.19. The minimum absolute atomic E-state index is 0.0278. The van der Waals surface area contributed by atoms with Gasteiger partial charge in [-0.3, -0.25) is 14.5 Å². The first-order chi connectivity index (χ1) is 17.9. The van der Waals surface area contributed by atoms with Gasteiger partial charge in [0, 0.05) is 28.8 Å². The number of anilines is 1. The zero-order chi connectivity index (χ0) is 25.9. The van der Waals surface area contributed by atoms with Gasteiger partial charge in [-0.25, -0.2) is 19.3 Å². The van der Waals surface area contributed by atoms with Gasteiger partial charge in [-0.1, -0.05) is 11.2 Å². The van der Waals surface area contributed by atoms with Crippen LogP contribution in [0.15, 0.2) is 64.9 Å². The van der Waals surface area contributed by atoms with Crippen molar-refractivity contribution in [3.63, 3.8) is 0 Å². The molecule has 2 unspecified atom stereocenters. The number of β-lactam (4-membered cyclic amide) rings is 1. The highest BCUT2D eigenvalue weighted by Gasteiger charge is 2.54. The van der Waals surface area contributed by atoms with E-state index in [2.05, 4.69) is 25.4 Å². The lowest BCUT2D eigenvalue weighted by Gasteiger charge is -2.49. The number of nitrogens with one attached hydrogen (secondary N) is 2. The van der Waals surface area contributed by atoms with Gasteiger partial charge in [0.05, 0.1) is 18.2 Å². The van der Waals surface area contributed by atoms with Gasteiger partial charge >= 0.3 is 5.97 Å². The van der Waals surface area contributed by atoms with Gasteiger partial charge in [0.2, 0.25) is 0 Å². The lowest BCUT2D eigenvalue weighted by Crippen LogP contribution is -2.71. The predicted octanol–water partition coefficient (Wildman–Crippen LogP) is 0.0956. The molecule has 2 aliphatic heterocycles. The summed E-state index contributed by atoms with van der Waals surface area (Å²) in [6, 6.07) is 4.61. The van der Waals surface area contributed by atoms with E-state index < -0.39 is 29.2 Å². The maximum atomic E-state index is 13.2. The van der Waals surface area contributed by atoms with Crippen molar-refractivity contribution in [2.75, 3.05) is 11.5 Å². The predicted molar refractivity (Wildman–Crippen MR) is 133 cm³/mol. The second-order valence-corrected chi connectivity index (χ2v) is 10.0. The zero-order valence-corrected chi connectivity index (χ0v) is 20.7. The fourth-order valence-electron chi connectivity index (χ4n) is 3.91. The van der Waals surface area contributed by atoms with E-state index in [9.17, 15) is 19.5 Å². The van der Waals surface area contributed by atoms with Crippen LogP contribution in [0.3, 0.4) is 0 Å². The third-order valence-electron chi connectivity index (χ3n) is 5.60. The molecule has 0 bridgehead atoms. The standard InChI is InChI=1S/C22H20N8O5S2/c23-22-26-14(10-37-22)15(28-35-8-13-6-24-11-25-13)18(31)27-16-19(32)30-17(21(33)34)12(9-36-20(16)30)7-29-4-2-1-3-5-29/h1-6,10-11,16,20H,7-9H2,(H4-,23,24,25,26,27,31,33,34)/p+1. The van der Waals surface area contributed by atoms with Crippen LogP contribution in [0.2, 0.25) is 0 Å². The molecular formula is C22H21N8O5S2+. The molecule has 3 aromatic heterocycles. The Morgan fingerprint density at radius 2 is 2.16 bits per heavy atom. The van der Waals surface area contributed by atoms with Crippen LogP contribution >= 0.6 is 23.1 Å². The molecule has 37 heavy (non-hydrogen) atoms. The fraction of sp³-hybridized carbons (Fsp3) is 0.227. The second kappa shape index (κ2) is 10.4. The highest BCUT2D eigenvalue weighted by molar-refractivity contribution is 8.00. The van der Waals surface area contributed by atoms with E-state index in [1.54, 1.807) is 11.6 Å². The van der Waals surface area contributed by atoms with Crippen molar-refractivity contribution in [1.82, 2.24) is 25.2 Å². The number of carbonyl (C=O) groups is 3. The molecule has 2 atom stereocenters. The molecule has 0 saturated carbocycles. The van der Waals surface area contributed by atoms with Crippen molar-refractivity contribution in [3.8, 4) is 0 Å². The summed E-state index contributed by atoms with van der Waals surface area (Å²) in [4.78, 5) is 55.7. The summed E-state index contributed by atoms with van der Waals surface area (Å²) in [5.74, 6) is -2.02. The molecule has 1 fully saturated rings. The highest BCUT2D eigenvalue weighted by Crippen LogP contribution is 2.40. The number of H-pyrrole nitrogens is 1. The number of aromatic amines is 1. The quantitative estimate of drug-likeness (QED) is 0.126. The Bertz CT molecular complexity index is 1390. The van der Waals surface area contributed by atoms with E-state index in [1.165, 1.54) is 23.0 Å². The van der Waals surface area contributed by atoms with Crippen LogP contribution in [-0.2, 0) is 32.4 Å². The maximum Gasteiger partial charge on any atom is 0.352 e. The molecule has 0 radical (unpaired) electrons. The van der Waals surface area contributed by atoms with Crippen molar-refractivity contribution < 1.29 is 28.9 Å². The van der Waals surface area contributed by atoms with Gasteiger partial charge in [0.15, 0.2) is 36.4 Å². The van der Waals surface area contributed by atoms with Crippen molar-refractivity contribution in [1.29, 1.82) is 0 Å². The monoisotopic (exact) mass is 541 g/mol. The summed E-state index contributed by atoms with van der Waals surface area (Å²) in [5, 5.41) is 17.7. The SMILES string of the molecule is Nc1nc(C(=NOCc2cnc[nH]2)C(=O)NC2C(=O)N3C(C(=O)O)=C(C[n+]4ccccc4)CSC23)cs1. The molecule has 0 spiro atoms. The second-order valence-electron chi connectivity index (χ2n) is 8.03. The van der Waals surface area contributed by atoms with Crippen LogP contribution in [0.25, 0.3) is 0 Å². The molecule has 2 amide bonds. The van der Waals surface area contributed by atoms with E-state index in [4.69, 9.17) is 10.6 Å². The number of oxime groups is 1. The Balaban J connectivity index is 1.32. The third-order valence-corrected chi connectivity index (χ3v) is 7.61. The van der Waals surface area contributed by atoms with Crippen LogP contribution in [-0.4, -0.2) is 65.6 Å². The number of amides is 2. The average molecular weight is 542 g/mol. The number of imidazole rings is 1. The first kappa shape index (κ1) is 24.5. The molecule has 1 saturated heterocycles. The molecule has 2 aliphatic rings. The van der Waals surface area contributed by atoms with Crippen LogP contribution in [0.4, 0.5) is 5.13 Å². The number of hydrogen-bond donors (Lipinski definition) is 4. The average Bonchev–Trinajstić information content (AvgIpc) is 3.57. The Morgan fingerprint density at radius 3 is 2.84 bits per heavy atom. The molecule has 3 aromatic rings. The van der Waals surface area contributed by atoms with Gasteiger partial charge < -0.3 is 26.0 Å². The third kappa shape index (κ3) is 5.03. The van der Waals surface area contributed by atoms with Crippen molar-refractivity contribution in [2.45, 2.75) is 24.6 Å². The van der Waals surface area contributed by atoms with E-state index in [0.717, 1.165) is 11.3 Å². The van der Waals surface area contributed by atoms with E-state index >= 15 is 0 Å². The summed E-state index contributed by atoms with van der Waals surface area (Å²) < 4.78 is 1.84. The molecule has 5 heterocycles. The number of carbonyl (C=O) groups excluding carboxylic acids is 2. The smallest absolute Gasteiger partial charge is 0.352 e. The normalized spacial score (nSPS) is 19.3. The number of hydrogen-bond acceptors (Lipinski definition) is 10. The maximum absolute atomic E-state index is 13.2. The summed E-state index contributed by atoms with van der Waals surface area (Å²) in [5.41, 5.74) is 6.95. The molecule has 0 aliphatic carbocycles. The topological polar surface area (TPSA) is 180 Å². The number of carboxylic acids is 1. The van der Waals surface area contributed by atoms with E-state index in [0.29, 0.717) is 23.6 Å². The molecule has 5 rings (SSSR count). The van der Waals surface area contributed by atoms with E-state index in [1.807, 2.05) is 35.2 Å². The molecular weight excluding hydrogens is 520 g/mol. The summed E-state index contributed by atoms with van der Waals surface area (Å²) >= 11 is 2.51. The highest BCUT2D eigenvalue weighted by atomic mass is 32.2. The van der Waals surface area contributed by atoms with Crippen LogP contribution < -0.4 is 15.6 Å². The van der Waals surface area contributed by atoms with Crippen molar-refractivity contribution in [2.24, 2.45) is 5.16 Å².